The molecule has 0 saturated carbocycles. The number of halogens is 2. The average molecular weight is 355 g/mol. The molecule has 0 saturated heterocycles. The summed E-state index contributed by atoms with van der Waals surface area (Å²) < 4.78 is 0. The first-order valence-corrected chi connectivity index (χ1v) is 8.67. The third-order valence-corrected chi connectivity index (χ3v) is 4.31. The van der Waals surface area contributed by atoms with Crippen LogP contribution in [0.25, 0.3) is 0 Å². The summed E-state index contributed by atoms with van der Waals surface area (Å²) in [5, 5.41) is 6.89. The van der Waals surface area contributed by atoms with Crippen LogP contribution in [0.2, 0.25) is 10.0 Å². The lowest BCUT2D eigenvalue weighted by atomic mass is 10.2. The summed E-state index contributed by atoms with van der Waals surface area (Å²) >= 11 is 13.5. The van der Waals surface area contributed by atoms with Crippen molar-refractivity contribution in [1.29, 1.82) is 0 Å². The quantitative estimate of drug-likeness (QED) is 0.712. The van der Waals surface area contributed by atoms with Gasteiger partial charge in [0.15, 0.2) is 0 Å². The summed E-state index contributed by atoms with van der Waals surface area (Å²) in [4.78, 5) is 11.7. The van der Waals surface area contributed by atoms with Gasteiger partial charge in [-0.25, -0.2) is 4.79 Å². The number of hydrogen-bond acceptors (Lipinski definition) is 2. The standard InChI is InChI=1S/C16H16Cl2N2OS/c17-13-6-4-12(5-7-13)11-22-9-8-19-16(21)20-15-3-1-2-14(18)10-15/h1-7,10H,8-9,11H2,(H2,19,20,21). The smallest absolute Gasteiger partial charge is 0.319 e. The van der Waals surface area contributed by atoms with E-state index in [1.807, 2.05) is 24.3 Å². The molecule has 116 valence electrons. The molecule has 0 bridgehead atoms. The number of thioether (sulfide) groups is 1. The van der Waals surface area contributed by atoms with Crippen LogP contribution in [0.4, 0.5) is 10.5 Å². The Morgan fingerprint density at radius 2 is 1.82 bits per heavy atom. The molecule has 0 spiro atoms. The van der Waals surface area contributed by atoms with Gasteiger partial charge in [0.2, 0.25) is 0 Å². The van der Waals surface area contributed by atoms with E-state index in [-0.39, 0.29) is 6.03 Å². The summed E-state index contributed by atoms with van der Waals surface area (Å²) in [6.07, 6.45) is 0. The Bertz CT molecular complexity index is 620. The molecule has 0 atom stereocenters. The van der Waals surface area contributed by atoms with Crippen LogP contribution in [-0.4, -0.2) is 18.3 Å². The van der Waals surface area contributed by atoms with Crippen molar-refractivity contribution in [2.24, 2.45) is 0 Å². The summed E-state index contributed by atoms with van der Waals surface area (Å²) in [7, 11) is 0. The van der Waals surface area contributed by atoms with Gasteiger partial charge in [0, 0.05) is 33.8 Å². The Labute approximate surface area is 144 Å². The van der Waals surface area contributed by atoms with Gasteiger partial charge in [-0.15, -0.1) is 0 Å². The number of carbonyl (C=O) groups is 1. The van der Waals surface area contributed by atoms with Gasteiger partial charge in [-0.3, -0.25) is 0 Å². The van der Waals surface area contributed by atoms with E-state index in [0.717, 1.165) is 16.5 Å². The zero-order valence-corrected chi connectivity index (χ0v) is 14.1. The highest BCUT2D eigenvalue weighted by Crippen LogP contribution is 2.16. The predicted molar refractivity (Wildman–Crippen MR) is 96.1 cm³/mol. The van der Waals surface area contributed by atoms with Crippen LogP contribution in [0.3, 0.4) is 0 Å². The van der Waals surface area contributed by atoms with Crippen molar-refractivity contribution in [2.45, 2.75) is 5.75 Å². The lowest BCUT2D eigenvalue weighted by Crippen LogP contribution is -2.30. The third-order valence-electron chi connectivity index (χ3n) is 2.80. The highest BCUT2D eigenvalue weighted by Gasteiger charge is 2.01. The van der Waals surface area contributed by atoms with Crippen LogP contribution in [0.15, 0.2) is 48.5 Å². The zero-order valence-electron chi connectivity index (χ0n) is 11.8. The van der Waals surface area contributed by atoms with Gasteiger partial charge in [0.05, 0.1) is 0 Å². The minimum atomic E-state index is -0.227. The van der Waals surface area contributed by atoms with Crippen molar-refractivity contribution < 1.29 is 4.79 Å². The van der Waals surface area contributed by atoms with E-state index in [1.54, 1.807) is 36.0 Å². The Kier molecular flexibility index (Phi) is 6.90. The van der Waals surface area contributed by atoms with Gasteiger partial charge < -0.3 is 10.6 Å². The minimum absolute atomic E-state index is 0.227. The number of carbonyl (C=O) groups excluding carboxylic acids is 1. The van der Waals surface area contributed by atoms with Gasteiger partial charge in [0.25, 0.3) is 0 Å². The molecule has 2 rings (SSSR count). The molecule has 0 unspecified atom stereocenters. The van der Waals surface area contributed by atoms with Crippen LogP contribution in [0.5, 0.6) is 0 Å². The maximum Gasteiger partial charge on any atom is 0.319 e. The van der Waals surface area contributed by atoms with Gasteiger partial charge in [-0.2, -0.15) is 11.8 Å². The molecular weight excluding hydrogens is 339 g/mol. The third kappa shape index (κ3) is 6.18. The second-order valence-corrected chi connectivity index (χ2v) is 6.55. The van der Waals surface area contributed by atoms with E-state index in [4.69, 9.17) is 23.2 Å². The number of rotatable bonds is 6. The molecule has 0 heterocycles. The molecule has 0 aliphatic carbocycles. The Balaban J connectivity index is 1.62. The highest BCUT2D eigenvalue weighted by atomic mass is 35.5. The second-order valence-electron chi connectivity index (χ2n) is 4.57. The Hall–Kier alpha value is -1.36. The van der Waals surface area contributed by atoms with Crippen molar-refractivity contribution in [3.05, 3.63) is 64.1 Å². The number of urea groups is 1. The SMILES string of the molecule is O=C(NCCSCc1ccc(Cl)cc1)Nc1cccc(Cl)c1. The van der Waals surface area contributed by atoms with Crippen molar-refractivity contribution in [2.75, 3.05) is 17.6 Å². The summed E-state index contributed by atoms with van der Waals surface area (Å²) in [6.45, 7) is 0.602. The first-order chi connectivity index (χ1) is 10.6. The van der Waals surface area contributed by atoms with Crippen molar-refractivity contribution in [3.63, 3.8) is 0 Å². The van der Waals surface area contributed by atoms with Gasteiger partial charge in [-0.1, -0.05) is 41.4 Å². The number of nitrogens with one attached hydrogen (secondary N) is 2. The summed E-state index contributed by atoms with van der Waals surface area (Å²) in [5.74, 6) is 1.74. The fraction of sp³-hybridized carbons (Fsp3) is 0.188. The topological polar surface area (TPSA) is 41.1 Å². The molecule has 22 heavy (non-hydrogen) atoms. The molecule has 2 N–H and O–H groups in total. The van der Waals surface area contributed by atoms with Crippen LogP contribution in [-0.2, 0) is 5.75 Å². The summed E-state index contributed by atoms with van der Waals surface area (Å²) in [5.41, 5.74) is 1.90. The fourth-order valence-corrected chi connectivity index (χ4v) is 2.88. The van der Waals surface area contributed by atoms with Gasteiger partial charge >= 0.3 is 6.03 Å². The lowest BCUT2D eigenvalue weighted by molar-refractivity contribution is 0.252. The normalized spacial score (nSPS) is 10.3. The second kappa shape index (κ2) is 8.93. The maximum absolute atomic E-state index is 11.7. The van der Waals surface area contributed by atoms with Crippen molar-refractivity contribution in [3.8, 4) is 0 Å². The van der Waals surface area contributed by atoms with Crippen LogP contribution in [0.1, 0.15) is 5.56 Å². The van der Waals surface area contributed by atoms with E-state index in [9.17, 15) is 4.79 Å². The number of amides is 2. The molecule has 0 fully saturated rings. The monoisotopic (exact) mass is 354 g/mol. The maximum atomic E-state index is 11.7. The van der Waals surface area contributed by atoms with Crippen LogP contribution < -0.4 is 10.6 Å². The molecule has 0 aliphatic rings. The Morgan fingerprint density at radius 3 is 2.55 bits per heavy atom. The molecular formula is C16H16Cl2N2OS. The minimum Gasteiger partial charge on any atom is -0.337 e. The molecule has 0 aromatic heterocycles. The summed E-state index contributed by atoms with van der Waals surface area (Å²) in [6, 6.07) is 14.6. The van der Waals surface area contributed by atoms with E-state index >= 15 is 0 Å². The van der Waals surface area contributed by atoms with E-state index in [0.29, 0.717) is 17.3 Å². The molecule has 6 heteroatoms. The number of anilines is 1. The van der Waals surface area contributed by atoms with Gasteiger partial charge in [-0.05, 0) is 35.9 Å². The molecule has 0 radical (unpaired) electrons. The zero-order chi connectivity index (χ0) is 15.8. The average Bonchev–Trinajstić information content (AvgIpc) is 2.49. The van der Waals surface area contributed by atoms with Crippen molar-refractivity contribution >= 4 is 46.7 Å². The van der Waals surface area contributed by atoms with E-state index in [1.165, 1.54) is 5.56 Å². The number of benzene rings is 2. The van der Waals surface area contributed by atoms with Crippen LogP contribution in [0, 0.1) is 0 Å². The van der Waals surface area contributed by atoms with E-state index < -0.39 is 0 Å². The first-order valence-electron chi connectivity index (χ1n) is 6.76. The molecule has 2 aromatic carbocycles. The predicted octanol–water partition coefficient (Wildman–Crippen LogP) is 5.05. The first kappa shape index (κ1) is 17.0. The van der Waals surface area contributed by atoms with Crippen LogP contribution >= 0.6 is 35.0 Å². The molecule has 2 aromatic rings. The Morgan fingerprint density at radius 1 is 1.05 bits per heavy atom. The van der Waals surface area contributed by atoms with Gasteiger partial charge in [0.1, 0.15) is 0 Å². The molecule has 2 amide bonds. The van der Waals surface area contributed by atoms with E-state index in [2.05, 4.69) is 10.6 Å². The molecule has 0 aliphatic heterocycles. The largest absolute Gasteiger partial charge is 0.337 e. The molecule has 3 nitrogen and oxygen atoms in total. The highest BCUT2D eigenvalue weighted by molar-refractivity contribution is 7.98. The lowest BCUT2D eigenvalue weighted by Gasteiger charge is -2.08. The number of hydrogen-bond donors (Lipinski definition) is 2. The fourth-order valence-electron chi connectivity index (χ4n) is 1.75. The van der Waals surface area contributed by atoms with Crippen molar-refractivity contribution in [1.82, 2.24) is 5.32 Å².